The molecule has 1 amide bonds. The fourth-order valence-electron chi connectivity index (χ4n) is 1.12. The van der Waals surface area contributed by atoms with Crippen molar-refractivity contribution in [2.75, 3.05) is 0 Å². The Balaban J connectivity index is 0. The van der Waals surface area contributed by atoms with Crippen LogP contribution in [0.15, 0.2) is 24.3 Å². The molecule has 0 radical (unpaired) electrons. The fourth-order valence-corrected chi connectivity index (χ4v) is 1.12. The van der Waals surface area contributed by atoms with Crippen molar-refractivity contribution in [3.8, 4) is 0 Å². The molecule has 0 bridgehead atoms. The van der Waals surface area contributed by atoms with Crippen LogP contribution in [-0.4, -0.2) is 30.5 Å². The quantitative estimate of drug-likeness (QED) is 0.797. The maximum Gasteiger partial charge on any atom is -0.870 e. The van der Waals surface area contributed by atoms with Crippen LogP contribution in [-0.2, 0) is 11.3 Å². The third-order valence-electron chi connectivity index (χ3n) is 1.82. The van der Waals surface area contributed by atoms with Crippen LogP contribution in [0.25, 0.3) is 0 Å². The predicted molar refractivity (Wildman–Crippen MR) is 68.8 cm³/mol. The largest absolute Gasteiger partial charge is 0.870 e. The van der Waals surface area contributed by atoms with Gasteiger partial charge in [-0.1, -0.05) is 0 Å². The summed E-state index contributed by atoms with van der Waals surface area (Å²) in [4.78, 5) is 11.3. The number of hydrogen-bond donors (Lipinski definition) is 1. The van der Waals surface area contributed by atoms with E-state index in [1.807, 2.05) is 32.9 Å². The molecule has 18 heavy (non-hydrogen) atoms. The normalized spacial score (nSPS) is 9.83. The van der Waals surface area contributed by atoms with Crippen LogP contribution in [0.4, 0.5) is 4.79 Å². The van der Waals surface area contributed by atoms with Gasteiger partial charge in [0.1, 0.15) is 0 Å². The Labute approximate surface area is 109 Å². The number of ether oxygens (including phenoxy) is 1. The third-order valence-corrected chi connectivity index (χ3v) is 1.82. The summed E-state index contributed by atoms with van der Waals surface area (Å²) in [6, 6.07) is 7.33. The van der Waals surface area contributed by atoms with Crippen molar-refractivity contribution in [2.45, 2.75) is 32.9 Å². The van der Waals surface area contributed by atoms with E-state index < -0.39 is 11.7 Å². The minimum atomic E-state index is -0.467. The molecule has 0 saturated carbocycles. The van der Waals surface area contributed by atoms with Crippen molar-refractivity contribution >= 4 is 19.4 Å². The number of rotatable bonds is 2. The average Bonchev–Trinajstić information content (AvgIpc) is 2.14. The first-order valence-electron chi connectivity index (χ1n) is 5.18. The van der Waals surface area contributed by atoms with Gasteiger partial charge in [0.2, 0.25) is 0 Å². The second kappa shape index (κ2) is 7.73. The Morgan fingerprint density at radius 2 is 1.72 bits per heavy atom. The number of hydrogen-bond acceptors (Lipinski definition) is 4. The van der Waals surface area contributed by atoms with Crippen LogP contribution in [0.5, 0.6) is 0 Å². The van der Waals surface area contributed by atoms with Gasteiger partial charge in [-0.2, -0.15) is 0 Å². The molecule has 0 aromatic heterocycles. The summed E-state index contributed by atoms with van der Waals surface area (Å²) in [6.07, 6.45) is -0.413. The van der Waals surface area contributed by atoms with Crippen LogP contribution in [0.3, 0.4) is 0 Å². The molecule has 0 saturated heterocycles. The predicted octanol–water partition coefficient (Wildman–Crippen LogP) is 1.15. The second-order valence-electron chi connectivity index (χ2n) is 4.60. The molecule has 0 aliphatic rings. The number of amides is 1. The van der Waals surface area contributed by atoms with Gasteiger partial charge in [-0.05, 0) is 0 Å². The van der Waals surface area contributed by atoms with Gasteiger partial charge in [0.05, 0.1) is 0 Å². The van der Waals surface area contributed by atoms with Gasteiger partial charge in [0.15, 0.2) is 0 Å². The SMILES string of the molecule is [B+2]c1ccc(CNC(=O)OC(C)(C)C)cc1.[OH-].[OH-]. The minimum Gasteiger partial charge on any atom is -0.870 e. The molecule has 0 spiro atoms. The van der Waals surface area contributed by atoms with Crippen molar-refractivity contribution in [1.82, 2.24) is 5.32 Å². The van der Waals surface area contributed by atoms with Crippen molar-refractivity contribution < 1.29 is 20.5 Å². The number of carbonyl (C=O) groups is 1. The van der Waals surface area contributed by atoms with Gasteiger partial charge in [-0.3, -0.25) is 0 Å². The van der Waals surface area contributed by atoms with E-state index in [4.69, 9.17) is 12.6 Å². The first kappa shape index (κ1) is 18.8. The number of alkyl carbamates (subject to hydrolysis) is 1. The summed E-state index contributed by atoms with van der Waals surface area (Å²) in [7, 11) is 5.55. The molecule has 0 aliphatic heterocycles. The molecular formula is C12H18BNO4. The summed E-state index contributed by atoms with van der Waals surface area (Å²) in [6.45, 7) is 5.93. The summed E-state index contributed by atoms with van der Waals surface area (Å²) < 4.78 is 5.11. The minimum absolute atomic E-state index is 0. The molecule has 5 nitrogen and oxygen atoms in total. The number of nitrogens with one attached hydrogen (secondary N) is 1. The molecule has 1 rings (SSSR count). The van der Waals surface area contributed by atoms with E-state index >= 15 is 0 Å². The molecule has 3 N–H and O–H groups in total. The van der Waals surface area contributed by atoms with Crippen molar-refractivity contribution in [3.63, 3.8) is 0 Å². The van der Waals surface area contributed by atoms with Gasteiger partial charge in [-0.15, -0.1) is 0 Å². The summed E-state index contributed by atoms with van der Waals surface area (Å²) in [5, 5.41) is 2.67. The third kappa shape index (κ3) is 7.70. The van der Waals surface area contributed by atoms with Crippen molar-refractivity contribution in [3.05, 3.63) is 29.8 Å². The van der Waals surface area contributed by atoms with Crippen LogP contribution < -0.4 is 10.8 Å². The van der Waals surface area contributed by atoms with E-state index in [1.165, 1.54) is 0 Å². The molecule has 0 heterocycles. The van der Waals surface area contributed by atoms with E-state index in [9.17, 15) is 4.79 Å². The number of carbonyl (C=O) groups excluding carboxylic acids is 1. The smallest absolute Gasteiger partial charge is 0.870 e. The Bertz CT molecular complexity index is 359. The maximum absolute atomic E-state index is 11.3. The fraction of sp³-hybridized carbons (Fsp3) is 0.417. The van der Waals surface area contributed by atoms with Crippen molar-refractivity contribution in [2.24, 2.45) is 0 Å². The van der Waals surface area contributed by atoms with Gasteiger partial charge in [-0.25, -0.2) is 0 Å². The standard InChI is InChI=1S/C12H16BNO2.2H2O/c1-12(2,3)16-11(15)14-8-9-4-6-10(13)7-5-9;;/h4-7H,8H2,1-3H3,(H,14,15);2*1H2/q+2;;/p-2. The monoisotopic (exact) mass is 251 g/mol. The van der Waals surface area contributed by atoms with Crippen LogP contribution in [0.1, 0.15) is 26.3 Å². The second-order valence-corrected chi connectivity index (χ2v) is 4.60. The Morgan fingerprint density at radius 3 is 2.17 bits per heavy atom. The van der Waals surface area contributed by atoms with E-state index in [0.717, 1.165) is 5.56 Å². The zero-order valence-electron chi connectivity index (χ0n) is 10.8. The Morgan fingerprint density at radius 1 is 1.22 bits per heavy atom. The molecule has 6 heteroatoms. The summed E-state index contributed by atoms with van der Waals surface area (Å²) in [5.41, 5.74) is 1.23. The Kier molecular flexibility index (Phi) is 8.09. The molecule has 1 aromatic carbocycles. The Hall–Kier alpha value is -1.53. The maximum atomic E-state index is 11.3. The van der Waals surface area contributed by atoms with Gasteiger partial charge >= 0.3 is 97.0 Å². The van der Waals surface area contributed by atoms with E-state index in [2.05, 4.69) is 5.32 Å². The van der Waals surface area contributed by atoms with Gasteiger partial charge in [0, 0.05) is 0 Å². The molecule has 0 aliphatic carbocycles. The molecule has 0 fully saturated rings. The van der Waals surface area contributed by atoms with E-state index in [0.29, 0.717) is 12.0 Å². The molecular weight excluding hydrogens is 233 g/mol. The van der Waals surface area contributed by atoms with Crippen LogP contribution in [0.2, 0.25) is 0 Å². The van der Waals surface area contributed by atoms with Crippen LogP contribution >= 0.6 is 0 Å². The van der Waals surface area contributed by atoms with E-state index in [-0.39, 0.29) is 11.0 Å². The first-order valence-corrected chi connectivity index (χ1v) is 5.18. The van der Waals surface area contributed by atoms with E-state index in [1.54, 1.807) is 12.1 Å². The van der Waals surface area contributed by atoms with Crippen molar-refractivity contribution in [1.29, 1.82) is 0 Å². The van der Waals surface area contributed by atoms with Crippen LogP contribution in [0, 0.1) is 0 Å². The first-order chi connectivity index (χ1) is 7.37. The zero-order chi connectivity index (χ0) is 12.2. The molecule has 98 valence electrons. The summed E-state index contributed by atoms with van der Waals surface area (Å²) in [5.74, 6) is 0. The zero-order valence-corrected chi connectivity index (χ0v) is 10.8. The molecule has 0 atom stereocenters. The van der Waals surface area contributed by atoms with Gasteiger partial charge < -0.3 is 11.0 Å². The topological polar surface area (TPSA) is 98.3 Å². The number of benzene rings is 1. The molecule has 0 unspecified atom stereocenters. The average molecular weight is 251 g/mol. The van der Waals surface area contributed by atoms with Gasteiger partial charge in [0.25, 0.3) is 0 Å². The summed E-state index contributed by atoms with van der Waals surface area (Å²) >= 11 is 0. The molecule has 1 aromatic rings.